The molecule has 0 aliphatic carbocycles. The number of hydrogen-bond acceptors (Lipinski definition) is 3. The van der Waals surface area contributed by atoms with Crippen LogP contribution in [-0.4, -0.2) is 37.5 Å². The Labute approximate surface area is 120 Å². The van der Waals surface area contributed by atoms with E-state index in [1.165, 1.54) is 4.31 Å². The molecule has 0 unspecified atom stereocenters. The fraction of sp³-hybridized carbons (Fsp3) is 0.571. The van der Waals surface area contributed by atoms with Crippen molar-refractivity contribution in [3.8, 4) is 0 Å². The Hall–Kier alpha value is -0.950. The molecule has 0 spiro atoms. The minimum Gasteiger partial charge on any atom is -0.396 e. The van der Waals surface area contributed by atoms with E-state index < -0.39 is 10.2 Å². The third kappa shape index (κ3) is 4.02. The number of aliphatic hydroxyl groups is 1. The van der Waals surface area contributed by atoms with Gasteiger partial charge in [-0.1, -0.05) is 29.8 Å². The minimum atomic E-state index is -3.42. The number of aliphatic hydroxyl groups excluding tert-OH is 1. The molecule has 1 aromatic carbocycles. The quantitative estimate of drug-likeness (QED) is 0.853. The Balaban J connectivity index is 1.89. The molecule has 0 radical (unpaired) electrons. The molecule has 0 atom stereocenters. The van der Waals surface area contributed by atoms with Crippen LogP contribution < -0.4 is 4.72 Å². The van der Waals surface area contributed by atoms with Gasteiger partial charge in [-0.3, -0.25) is 0 Å². The van der Waals surface area contributed by atoms with Crippen LogP contribution in [0.1, 0.15) is 24.0 Å². The molecule has 20 heavy (non-hydrogen) atoms. The van der Waals surface area contributed by atoms with Gasteiger partial charge in [-0.05, 0) is 31.2 Å². The van der Waals surface area contributed by atoms with Gasteiger partial charge in [0.1, 0.15) is 0 Å². The van der Waals surface area contributed by atoms with Crippen LogP contribution in [0.2, 0.25) is 0 Å². The van der Waals surface area contributed by atoms with E-state index in [-0.39, 0.29) is 12.5 Å². The molecule has 1 aliphatic heterocycles. The molecule has 1 fully saturated rings. The highest BCUT2D eigenvalue weighted by atomic mass is 32.2. The lowest BCUT2D eigenvalue weighted by Crippen LogP contribution is -2.45. The number of nitrogens with one attached hydrogen (secondary N) is 1. The van der Waals surface area contributed by atoms with Crippen LogP contribution >= 0.6 is 0 Å². The summed E-state index contributed by atoms with van der Waals surface area (Å²) in [5, 5.41) is 9.07. The van der Waals surface area contributed by atoms with E-state index in [4.69, 9.17) is 5.11 Å². The Bertz CT molecular complexity index is 520. The summed E-state index contributed by atoms with van der Waals surface area (Å²) in [7, 11) is -3.42. The van der Waals surface area contributed by atoms with Gasteiger partial charge in [0.05, 0.1) is 0 Å². The maximum Gasteiger partial charge on any atom is 0.279 e. The molecule has 112 valence electrons. The molecule has 0 aromatic heterocycles. The molecule has 0 bridgehead atoms. The number of rotatable bonds is 5. The topological polar surface area (TPSA) is 69.6 Å². The monoisotopic (exact) mass is 298 g/mol. The molecule has 5 nitrogen and oxygen atoms in total. The Morgan fingerprint density at radius 3 is 2.40 bits per heavy atom. The second kappa shape index (κ2) is 6.67. The molecule has 0 amide bonds. The van der Waals surface area contributed by atoms with Gasteiger partial charge in [0.15, 0.2) is 0 Å². The van der Waals surface area contributed by atoms with Crippen LogP contribution in [0.25, 0.3) is 0 Å². The molecular formula is C14H22N2O3S. The molecule has 1 heterocycles. The zero-order valence-corrected chi connectivity index (χ0v) is 12.6. The summed E-state index contributed by atoms with van der Waals surface area (Å²) in [6, 6.07) is 7.79. The Morgan fingerprint density at radius 2 is 1.85 bits per heavy atom. The first kappa shape index (κ1) is 15.4. The SMILES string of the molecule is Cc1ccc(CNS(=O)(=O)N2CCC(CO)CC2)cc1. The molecule has 1 saturated heterocycles. The summed E-state index contributed by atoms with van der Waals surface area (Å²) in [4.78, 5) is 0. The van der Waals surface area contributed by atoms with Crippen LogP contribution in [0.4, 0.5) is 0 Å². The second-order valence-electron chi connectivity index (χ2n) is 5.34. The zero-order valence-electron chi connectivity index (χ0n) is 11.7. The summed E-state index contributed by atoms with van der Waals surface area (Å²) < 4.78 is 28.4. The maximum absolute atomic E-state index is 12.2. The van der Waals surface area contributed by atoms with Crippen molar-refractivity contribution >= 4 is 10.2 Å². The van der Waals surface area contributed by atoms with Crippen molar-refractivity contribution in [3.63, 3.8) is 0 Å². The maximum atomic E-state index is 12.2. The van der Waals surface area contributed by atoms with Crippen molar-refractivity contribution in [2.24, 2.45) is 5.92 Å². The highest BCUT2D eigenvalue weighted by Crippen LogP contribution is 2.18. The van der Waals surface area contributed by atoms with Gasteiger partial charge in [-0.15, -0.1) is 0 Å². The van der Waals surface area contributed by atoms with Crippen molar-refractivity contribution in [2.45, 2.75) is 26.3 Å². The van der Waals surface area contributed by atoms with Crippen molar-refractivity contribution in [3.05, 3.63) is 35.4 Å². The Kier molecular flexibility index (Phi) is 5.15. The summed E-state index contributed by atoms with van der Waals surface area (Å²) in [5.41, 5.74) is 2.10. The molecular weight excluding hydrogens is 276 g/mol. The molecule has 2 N–H and O–H groups in total. The summed E-state index contributed by atoms with van der Waals surface area (Å²) in [6.07, 6.45) is 1.45. The normalized spacial score (nSPS) is 18.3. The van der Waals surface area contributed by atoms with Gasteiger partial charge in [0.2, 0.25) is 0 Å². The summed E-state index contributed by atoms with van der Waals surface area (Å²) in [6.45, 7) is 3.41. The largest absolute Gasteiger partial charge is 0.396 e. The van der Waals surface area contributed by atoms with Gasteiger partial charge < -0.3 is 5.11 Å². The number of piperidine rings is 1. The number of aryl methyl sites for hydroxylation is 1. The van der Waals surface area contributed by atoms with Gasteiger partial charge in [0, 0.05) is 26.2 Å². The third-order valence-corrected chi connectivity index (χ3v) is 5.31. The molecule has 6 heteroatoms. The van der Waals surface area contributed by atoms with Crippen molar-refractivity contribution < 1.29 is 13.5 Å². The van der Waals surface area contributed by atoms with Crippen molar-refractivity contribution in [1.82, 2.24) is 9.03 Å². The van der Waals surface area contributed by atoms with Crippen LogP contribution in [0, 0.1) is 12.8 Å². The third-order valence-electron chi connectivity index (χ3n) is 3.75. The predicted octanol–water partition coefficient (Wildman–Crippen LogP) is 1.03. The average molecular weight is 298 g/mol. The van der Waals surface area contributed by atoms with Crippen LogP contribution in [0.5, 0.6) is 0 Å². The first-order valence-corrected chi connectivity index (χ1v) is 8.36. The zero-order chi connectivity index (χ0) is 14.6. The number of benzene rings is 1. The van der Waals surface area contributed by atoms with Crippen LogP contribution in [-0.2, 0) is 16.8 Å². The molecule has 1 aliphatic rings. The standard InChI is InChI=1S/C14H22N2O3S/c1-12-2-4-13(5-3-12)10-15-20(18,19)16-8-6-14(11-17)7-9-16/h2-5,14-15,17H,6-11H2,1H3. The average Bonchev–Trinajstić information content (AvgIpc) is 2.47. The first-order chi connectivity index (χ1) is 9.51. The minimum absolute atomic E-state index is 0.144. The van der Waals surface area contributed by atoms with E-state index in [2.05, 4.69) is 4.72 Å². The number of hydrogen-bond donors (Lipinski definition) is 2. The van der Waals surface area contributed by atoms with E-state index in [0.29, 0.717) is 19.6 Å². The van der Waals surface area contributed by atoms with Crippen molar-refractivity contribution in [1.29, 1.82) is 0 Å². The molecule has 0 saturated carbocycles. The van der Waals surface area contributed by atoms with E-state index in [9.17, 15) is 8.42 Å². The second-order valence-corrected chi connectivity index (χ2v) is 7.09. The highest BCUT2D eigenvalue weighted by Gasteiger charge is 2.27. The lowest BCUT2D eigenvalue weighted by molar-refractivity contribution is 0.169. The highest BCUT2D eigenvalue weighted by molar-refractivity contribution is 7.87. The van der Waals surface area contributed by atoms with Crippen LogP contribution in [0.3, 0.4) is 0 Å². The van der Waals surface area contributed by atoms with Gasteiger partial charge in [0.25, 0.3) is 10.2 Å². The first-order valence-electron chi connectivity index (χ1n) is 6.92. The van der Waals surface area contributed by atoms with E-state index in [1.54, 1.807) is 0 Å². The molecule has 2 rings (SSSR count). The van der Waals surface area contributed by atoms with E-state index >= 15 is 0 Å². The lowest BCUT2D eigenvalue weighted by Gasteiger charge is -2.30. The van der Waals surface area contributed by atoms with Crippen LogP contribution in [0.15, 0.2) is 24.3 Å². The summed E-state index contributed by atoms with van der Waals surface area (Å²) in [5.74, 6) is 0.235. The lowest BCUT2D eigenvalue weighted by atomic mass is 10.00. The van der Waals surface area contributed by atoms with Crippen molar-refractivity contribution in [2.75, 3.05) is 19.7 Å². The molecule has 1 aromatic rings. The van der Waals surface area contributed by atoms with E-state index in [0.717, 1.165) is 24.0 Å². The van der Waals surface area contributed by atoms with E-state index in [1.807, 2.05) is 31.2 Å². The summed E-state index contributed by atoms with van der Waals surface area (Å²) >= 11 is 0. The van der Waals surface area contributed by atoms with Gasteiger partial charge in [-0.25, -0.2) is 0 Å². The fourth-order valence-electron chi connectivity index (χ4n) is 2.30. The predicted molar refractivity (Wildman–Crippen MR) is 78.3 cm³/mol. The number of nitrogens with zero attached hydrogens (tertiary/aromatic N) is 1. The smallest absolute Gasteiger partial charge is 0.279 e. The Morgan fingerprint density at radius 1 is 1.25 bits per heavy atom. The fourth-order valence-corrected chi connectivity index (χ4v) is 3.53. The van der Waals surface area contributed by atoms with Gasteiger partial charge >= 0.3 is 0 Å². The van der Waals surface area contributed by atoms with Gasteiger partial charge in [-0.2, -0.15) is 17.4 Å².